The first kappa shape index (κ1) is 19.6. The molecule has 1 heterocycles. The Kier molecular flexibility index (Phi) is 6.59. The van der Waals surface area contributed by atoms with Crippen LogP contribution in [0.1, 0.15) is 70.6 Å². The van der Waals surface area contributed by atoms with Crippen LogP contribution in [0.15, 0.2) is 0 Å². The highest BCUT2D eigenvalue weighted by atomic mass is 32.2. The van der Waals surface area contributed by atoms with Gasteiger partial charge in [0, 0.05) is 23.9 Å². The molecule has 0 radical (unpaired) electrons. The fourth-order valence-electron chi connectivity index (χ4n) is 4.59. The molecule has 2 N–H and O–H groups in total. The van der Waals surface area contributed by atoms with Crippen LogP contribution < -0.4 is 10.6 Å². The topological polar surface area (TPSA) is 92.3 Å². The van der Waals surface area contributed by atoms with Gasteiger partial charge < -0.3 is 10.6 Å². The lowest BCUT2D eigenvalue weighted by Crippen LogP contribution is -2.43. The van der Waals surface area contributed by atoms with Crippen LogP contribution in [0.3, 0.4) is 0 Å². The molecule has 26 heavy (non-hydrogen) atoms. The van der Waals surface area contributed by atoms with E-state index in [0.29, 0.717) is 25.3 Å². The zero-order chi connectivity index (χ0) is 18.6. The van der Waals surface area contributed by atoms with E-state index in [0.717, 1.165) is 25.7 Å². The Labute approximate surface area is 156 Å². The Hall–Kier alpha value is -1.11. The van der Waals surface area contributed by atoms with Crippen molar-refractivity contribution >= 4 is 21.7 Å². The number of carbonyl (C=O) groups is 2. The van der Waals surface area contributed by atoms with Gasteiger partial charge in [-0.05, 0) is 44.9 Å². The molecule has 1 unspecified atom stereocenters. The Balaban J connectivity index is 1.40. The molecule has 3 fully saturated rings. The van der Waals surface area contributed by atoms with Gasteiger partial charge in [-0.25, -0.2) is 8.42 Å². The standard InChI is InChI=1S/C19H32N2O4S/c22-18(20-16-5-3-1-2-4-6-16)14-7-9-15(10-8-14)19(23)21-17-11-12-26(24,25)13-17/h14-17H,1-13H2,(H,20,22)(H,21,23). The molecule has 2 aliphatic carbocycles. The average Bonchev–Trinajstić information content (AvgIpc) is 2.80. The van der Waals surface area contributed by atoms with Crippen molar-refractivity contribution in [3.8, 4) is 0 Å². The molecule has 148 valence electrons. The van der Waals surface area contributed by atoms with Crippen LogP contribution in [0.2, 0.25) is 0 Å². The van der Waals surface area contributed by atoms with Crippen LogP contribution in [0.25, 0.3) is 0 Å². The normalized spacial score (nSPS) is 32.5. The van der Waals surface area contributed by atoms with E-state index in [1.165, 1.54) is 25.7 Å². The molecular formula is C19H32N2O4S. The van der Waals surface area contributed by atoms with E-state index in [1.807, 2.05) is 0 Å². The molecule has 2 amide bonds. The maximum absolute atomic E-state index is 12.5. The first-order valence-electron chi connectivity index (χ1n) is 10.2. The molecule has 1 atom stereocenters. The van der Waals surface area contributed by atoms with Gasteiger partial charge in [0.15, 0.2) is 9.84 Å². The molecule has 0 aromatic heterocycles. The van der Waals surface area contributed by atoms with Gasteiger partial charge in [0.1, 0.15) is 0 Å². The van der Waals surface area contributed by atoms with Crippen LogP contribution in [-0.4, -0.2) is 43.8 Å². The number of sulfone groups is 1. The van der Waals surface area contributed by atoms with E-state index in [2.05, 4.69) is 10.6 Å². The molecule has 0 spiro atoms. The predicted molar refractivity (Wildman–Crippen MR) is 100 cm³/mol. The van der Waals surface area contributed by atoms with Crippen molar-refractivity contribution in [2.75, 3.05) is 11.5 Å². The summed E-state index contributed by atoms with van der Waals surface area (Å²) in [5.74, 6) is 0.311. The molecule has 0 aromatic carbocycles. The highest BCUT2D eigenvalue weighted by molar-refractivity contribution is 7.91. The van der Waals surface area contributed by atoms with Crippen LogP contribution in [-0.2, 0) is 19.4 Å². The highest BCUT2D eigenvalue weighted by Gasteiger charge is 2.34. The molecule has 7 heteroatoms. The van der Waals surface area contributed by atoms with Gasteiger partial charge in [-0.2, -0.15) is 0 Å². The third kappa shape index (κ3) is 5.44. The summed E-state index contributed by atoms with van der Waals surface area (Å²) in [6.07, 6.45) is 10.6. The molecule has 6 nitrogen and oxygen atoms in total. The quantitative estimate of drug-likeness (QED) is 0.725. The number of hydrogen-bond donors (Lipinski definition) is 2. The molecule has 0 bridgehead atoms. The summed E-state index contributed by atoms with van der Waals surface area (Å²) < 4.78 is 23.0. The van der Waals surface area contributed by atoms with Gasteiger partial charge in [0.2, 0.25) is 11.8 Å². The number of rotatable bonds is 4. The van der Waals surface area contributed by atoms with Gasteiger partial charge >= 0.3 is 0 Å². The smallest absolute Gasteiger partial charge is 0.223 e. The van der Waals surface area contributed by atoms with E-state index in [1.54, 1.807) is 0 Å². The summed E-state index contributed by atoms with van der Waals surface area (Å²) in [6, 6.07) is 0.0964. The number of hydrogen-bond acceptors (Lipinski definition) is 4. The summed E-state index contributed by atoms with van der Waals surface area (Å²) >= 11 is 0. The first-order valence-corrected chi connectivity index (χ1v) is 12.1. The van der Waals surface area contributed by atoms with Gasteiger partial charge in [-0.15, -0.1) is 0 Å². The maximum atomic E-state index is 12.5. The lowest BCUT2D eigenvalue weighted by atomic mass is 9.81. The third-order valence-electron chi connectivity index (χ3n) is 6.25. The Morgan fingerprint density at radius 2 is 1.15 bits per heavy atom. The summed E-state index contributed by atoms with van der Waals surface area (Å²) in [7, 11) is -2.98. The second-order valence-electron chi connectivity index (χ2n) is 8.35. The number of amides is 2. The minimum Gasteiger partial charge on any atom is -0.353 e. The maximum Gasteiger partial charge on any atom is 0.223 e. The fourth-order valence-corrected chi connectivity index (χ4v) is 6.26. The van der Waals surface area contributed by atoms with Gasteiger partial charge in [0.25, 0.3) is 0 Å². The van der Waals surface area contributed by atoms with Crippen LogP contribution in [0.5, 0.6) is 0 Å². The summed E-state index contributed by atoms with van der Waals surface area (Å²) in [5, 5.41) is 6.14. The van der Waals surface area contributed by atoms with Gasteiger partial charge in [-0.1, -0.05) is 25.7 Å². The summed E-state index contributed by atoms with van der Waals surface area (Å²) in [5.41, 5.74) is 0. The predicted octanol–water partition coefficient (Wildman–Crippen LogP) is 1.94. The monoisotopic (exact) mass is 384 g/mol. The summed E-state index contributed by atoms with van der Waals surface area (Å²) in [4.78, 5) is 24.9. The van der Waals surface area contributed by atoms with E-state index in [9.17, 15) is 18.0 Å². The Morgan fingerprint density at radius 3 is 1.62 bits per heavy atom. The number of nitrogens with one attached hydrogen (secondary N) is 2. The second kappa shape index (κ2) is 8.72. The summed E-state index contributed by atoms with van der Waals surface area (Å²) in [6.45, 7) is 0. The SMILES string of the molecule is O=C(NC1CCCCCC1)C1CCC(C(=O)NC2CCS(=O)(=O)C2)CC1. The third-order valence-corrected chi connectivity index (χ3v) is 8.02. The number of carbonyl (C=O) groups excluding carboxylic acids is 2. The largest absolute Gasteiger partial charge is 0.353 e. The second-order valence-corrected chi connectivity index (χ2v) is 10.6. The van der Waals surface area contributed by atoms with Crippen molar-refractivity contribution in [2.45, 2.75) is 82.7 Å². The van der Waals surface area contributed by atoms with Crippen LogP contribution in [0.4, 0.5) is 0 Å². The molecule has 0 aromatic rings. The fraction of sp³-hybridized carbons (Fsp3) is 0.895. The van der Waals surface area contributed by atoms with Crippen molar-refractivity contribution in [3.63, 3.8) is 0 Å². The minimum absolute atomic E-state index is 0.0224. The molecule has 3 rings (SSSR count). The van der Waals surface area contributed by atoms with E-state index in [-0.39, 0.29) is 41.2 Å². The average molecular weight is 385 g/mol. The molecule has 1 aliphatic heterocycles. The minimum atomic E-state index is -2.98. The van der Waals surface area contributed by atoms with Crippen molar-refractivity contribution in [3.05, 3.63) is 0 Å². The highest BCUT2D eigenvalue weighted by Crippen LogP contribution is 2.30. The van der Waals surface area contributed by atoms with E-state index < -0.39 is 9.84 Å². The van der Waals surface area contributed by atoms with Gasteiger partial charge in [-0.3, -0.25) is 9.59 Å². The van der Waals surface area contributed by atoms with Crippen LogP contribution in [0, 0.1) is 11.8 Å². The molecule has 1 saturated heterocycles. The lowest BCUT2D eigenvalue weighted by Gasteiger charge is -2.29. The van der Waals surface area contributed by atoms with Crippen LogP contribution >= 0.6 is 0 Å². The zero-order valence-corrected chi connectivity index (χ0v) is 16.4. The zero-order valence-electron chi connectivity index (χ0n) is 15.5. The molecule has 3 aliphatic rings. The van der Waals surface area contributed by atoms with E-state index in [4.69, 9.17) is 0 Å². The van der Waals surface area contributed by atoms with Crippen molar-refractivity contribution < 1.29 is 18.0 Å². The lowest BCUT2D eigenvalue weighted by molar-refractivity contribution is -0.131. The van der Waals surface area contributed by atoms with Crippen molar-refractivity contribution in [1.82, 2.24) is 10.6 Å². The first-order chi connectivity index (χ1) is 12.4. The van der Waals surface area contributed by atoms with Gasteiger partial charge in [0.05, 0.1) is 11.5 Å². The molecule has 2 saturated carbocycles. The van der Waals surface area contributed by atoms with E-state index >= 15 is 0 Å². The Morgan fingerprint density at radius 1 is 0.654 bits per heavy atom. The van der Waals surface area contributed by atoms with Crippen molar-refractivity contribution in [2.24, 2.45) is 11.8 Å². The Bertz CT molecular complexity index is 603. The van der Waals surface area contributed by atoms with Crippen molar-refractivity contribution in [1.29, 1.82) is 0 Å². The molecular weight excluding hydrogens is 352 g/mol.